The van der Waals surface area contributed by atoms with Gasteiger partial charge in [0.05, 0.1) is 6.04 Å². The number of fused-ring (bicyclic) bond motifs is 1. The summed E-state index contributed by atoms with van der Waals surface area (Å²) < 4.78 is 12.7. The normalized spacial score (nSPS) is 18.2. The van der Waals surface area contributed by atoms with Gasteiger partial charge in [0.2, 0.25) is 0 Å². The Kier molecular flexibility index (Phi) is 4.99. The Bertz CT molecular complexity index is 728. The van der Waals surface area contributed by atoms with Gasteiger partial charge in [0.1, 0.15) is 17.1 Å². The Balaban J connectivity index is 1.64. The van der Waals surface area contributed by atoms with Crippen LogP contribution in [0.15, 0.2) is 48.5 Å². The topological polar surface area (TPSA) is 47.6 Å². The summed E-state index contributed by atoms with van der Waals surface area (Å²) in [6, 6.07) is 15.4. The highest BCUT2D eigenvalue weighted by Gasteiger charge is 2.34. The zero-order valence-corrected chi connectivity index (χ0v) is 15.9. The Labute approximate surface area is 155 Å². The van der Waals surface area contributed by atoms with E-state index in [9.17, 15) is 4.79 Å². The SMILES string of the molecule is CC1(C)C[C@H](NC(=O)COc2ccc(I)cc2)c2ccccc2O1. The van der Waals surface area contributed by atoms with Gasteiger partial charge in [0.15, 0.2) is 6.61 Å². The van der Waals surface area contributed by atoms with Gasteiger partial charge in [-0.3, -0.25) is 4.79 Å². The molecule has 0 saturated heterocycles. The predicted octanol–water partition coefficient (Wildman–Crippen LogP) is 4.09. The van der Waals surface area contributed by atoms with Gasteiger partial charge in [-0.05, 0) is 66.8 Å². The van der Waals surface area contributed by atoms with E-state index >= 15 is 0 Å². The third-order valence-corrected chi connectivity index (χ3v) is 4.61. The van der Waals surface area contributed by atoms with Crippen LogP contribution in [0.1, 0.15) is 31.9 Å². The predicted molar refractivity (Wildman–Crippen MR) is 101 cm³/mol. The number of para-hydroxylation sites is 1. The fraction of sp³-hybridized carbons (Fsp3) is 0.316. The van der Waals surface area contributed by atoms with Gasteiger partial charge in [-0.2, -0.15) is 0 Å². The first-order chi connectivity index (χ1) is 11.4. The van der Waals surface area contributed by atoms with Crippen LogP contribution < -0.4 is 14.8 Å². The Hall–Kier alpha value is -1.76. The van der Waals surface area contributed by atoms with Crippen LogP contribution >= 0.6 is 22.6 Å². The van der Waals surface area contributed by atoms with Crippen molar-refractivity contribution in [1.29, 1.82) is 0 Å². The zero-order chi connectivity index (χ0) is 17.2. The quantitative estimate of drug-likeness (QED) is 0.734. The Morgan fingerprint density at radius 3 is 2.71 bits per heavy atom. The van der Waals surface area contributed by atoms with Crippen LogP contribution in [-0.4, -0.2) is 18.1 Å². The summed E-state index contributed by atoms with van der Waals surface area (Å²) in [7, 11) is 0. The van der Waals surface area contributed by atoms with E-state index in [0.29, 0.717) is 5.75 Å². The van der Waals surface area contributed by atoms with Gasteiger partial charge in [0, 0.05) is 15.6 Å². The first kappa shape index (κ1) is 17.1. The molecule has 0 spiro atoms. The number of halogens is 1. The number of benzene rings is 2. The van der Waals surface area contributed by atoms with Crippen molar-refractivity contribution in [2.24, 2.45) is 0 Å². The fourth-order valence-corrected chi connectivity index (χ4v) is 3.21. The Morgan fingerprint density at radius 1 is 1.25 bits per heavy atom. The van der Waals surface area contributed by atoms with Crippen LogP contribution in [0.5, 0.6) is 11.5 Å². The maximum absolute atomic E-state index is 12.3. The van der Waals surface area contributed by atoms with E-state index in [1.807, 2.05) is 62.4 Å². The molecule has 0 aliphatic carbocycles. The largest absolute Gasteiger partial charge is 0.487 e. The van der Waals surface area contributed by atoms with Crippen LogP contribution in [0.2, 0.25) is 0 Å². The second kappa shape index (κ2) is 7.01. The van der Waals surface area contributed by atoms with Gasteiger partial charge in [-0.15, -0.1) is 0 Å². The molecule has 0 bridgehead atoms. The average molecular weight is 437 g/mol. The lowest BCUT2D eigenvalue weighted by Crippen LogP contribution is -2.42. The second-order valence-electron chi connectivity index (χ2n) is 6.47. The van der Waals surface area contributed by atoms with E-state index in [-0.39, 0.29) is 24.2 Å². The number of carbonyl (C=O) groups is 1. The molecule has 0 radical (unpaired) electrons. The Morgan fingerprint density at radius 2 is 1.96 bits per heavy atom. The van der Waals surface area contributed by atoms with E-state index in [4.69, 9.17) is 9.47 Å². The first-order valence-electron chi connectivity index (χ1n) is 7.89. The van der Waals surface area contributed by atoms with Crippen molar-refractivity contribution in [2.45, 2.75) is 31.9 Å². The van der Waals surface area contributed by atoms with Crippen LogP contribution in [0.25, 0.3) is 0 Å². The van der Waals surface area contributed by atoms with E-state index in [1.54, 1.807) is 0 Å². The molecule has 24 heavy (non-hydrogen) atoms. The van der Waals surface area contributed by atoms with Crippen molar-refractivity contribution in [3.63, 3.8) is 0 Å². The molecule has 1 aliphatic heterocycles. The monoisotopic (exact) mass is 437 g/mol. The molecule has 1 N–H and O–H groups in total. The van der Waals surface area contributed by atoms with Crippen LogP contribution in [0, 0.1) is 3.57 Å². The minimum Gasteiger partial charge on any atom is -0.487 e. The average Bonchev–Trinajstić information content (AvgIpc) is 2.53. The second-order valence-corrected chi connectivity index (χ2v) is 7.71. The summed E-state index contributed by atoms with van der Waals surface area (Å²) in [6.07, 6.45) is 0.722. The highest BCUT2D eigenvalue weighted by molar-refractivity contribution is 14.1. The zero-order valence-electron chi connectivity index (χ0n) is 13.7. The molecule has 126 valence electrons. The molecular weight excluding hydrogens is 417 g/mol. The molecule has 4 nitrogen and oxygen atoms in total. The molecule has 1 aliphatic rings. The molecule has 2 aromatic rings. The summed E-state index contributed by atoms with van der Waals surface area (Å²) in [4.78, 5) is 12.3. The number of carbonyl (C=O) groups excluding carboxylic acids is 1. The van der Waals surface area contributed by atoms with Crippen molar-refractivity contribution >= 4 is 28.5 Å². The van der Waals surface area contributed by atoms with Crippen molar-refractivity contribution in [3.05, 3.63) is 57.7 Å². The molecule has 0 aromatic heterocycles. The number of hydrogen-bond donors (Lipinski definition) is 1. The van der Waals surface area contributed by atoms with E-state index < -0.39 is 0 Å². The third-order valence-electron chi connectivity index (χ3n) is 3.90. The summed E-state index contributed by atoms with van der Waals surface area (Å²) >= 11 is 2.23. The minimum atomic E-state index is -0.316. The smallest absolute Gasteiger partial charge is 0.258 e. The number of hydrogen-bond acceptors (Lipinski definition) is 3. The maximum atomic E-state index is 12.3. The number of amides is 1. The standard InChI is InChI=1S/C19H20INO3/c1-19(2)11-16(15-5-3-4-6-17(15)24-19)21-18(22)12-23-14-9-7-13(20)8-10-14/h3-10,16H,11-12H2,1-2H3,(H,21,22)/t16-/m0/s1. The van der Waals surface area contributed by atoms with Crippen LogP contribution in [0.3, 0.4) is 0 Å². The molecule has 1 atom stereocenters. The number of nitrogens with one attached hydrogen (secondary N) is 1. The van der Waals surface area contributed by atoms with Gasteiger partial charge in [-0.25, -0.2) is 0 Å². The van der Waals surface area contributed by atoms with Gasteiger partial charge in [0.25, 0.3) is 5.91 Å². The fourth-order valence-electron chi connectivity index (χ4n) is 2.85. The minimum absolute atomic E-state index is 0.000541. The summed E-state index contributed by atoms with van der Waals surface area (Å²) in [6.45, 7) is 4.06. The lowest BCUT2D eigenvalue weighted by molar-refractivity contribution is -0.124. The van der Waals surface area contributed by atoms with Crippen molar-refractivity contribution in [2.75, 3.05) is 6.61 Å². The summed E-state index contributed by atoms with van der Waals surface area (Å²) in [5.74, 6) is 1.39. The van der Waals surface area contributed by atoms with E-state index in [1.165, 1.54) is 0 Å². The molecular formula is C19H20INO3. The lowest BCUT2D eigenvalue weighted by Gasteiger charge is -2.37. The molecule has 0 saturated carbocycles. The van der Waals surface area contributed by atoms with Crippen LogP contribution in [-0.2, 0) is 4.79 Å². The molecule has 3 rings (SSSR count). The van der Waals surface area contributed by atoms with Gasteiger partial charge in [-0.1, -0.05) is 18.2 Å². The first-order valence-corrected chi connectivity index (χ1v) is 8.96. The number of rotatable bonds is 4. The maximum Gasteiger partial charge on any atom is 0.258 e. The molecule has 0 unspecified atom stereocenters. The molecule has 1 amide bonds. The number of ether oxygens (including phenoxy) is 2. The molecule has 2 aromatic carbocycles. The van der Waals surface area contributed by atoms with Crippen LogP contribution in [0.4, 0.5) is 0 Å². The highest BCUT2D eigenvalue weighted by Crippen LogP contribution is 2.39. The highest BCUT2D eigenvalue weighted by atomic mass is 127. The summed E-state index contributed by atoms with van der Waals surface area (Å²) in [5, 5.41) is 3.07. The third kappa shape index (κ3) is 4.20. The van der Waals surface area contributed by atoms with E-state index in [2.05, 4.69) is 27.9 Å². The van der Waals surface area contributed by atoms with E-state index in [0.717, 1.165) is 21.3 Å². The lowest BCUT2D eigenvalue weighted by atomic mass is 9.90. The van der Waals surface area contributed by atoms with Crippen molar-refractivity contribution in [3.8, 4) is 11.5 Å². The van der Waals surface area contributed by atoms with Crippen molar-refractivity contribution < 1.29 is 14.3 Å². The van der Waals surface area contributed by atoms with Crippen molar-refractivity contribution in [1.82, 2.24) is 5.32 Å². The summed E-state index contributed by atoms with van der Waals surface area (Å²) in [5.41, 5.74) is 0.697. The molecule has 0 fully saturated rings. The molecule has 1 heterocycles. The molecule has 5 heteroatoms. The van der Waals surface area contributed by atoms with Gasteiger partial charge < -0.3 is 14.8 Å². The van der Waals surface area contributed by atoms with Gasteiger partial charge >= 0.3 is 0 Å².